The van der Waals surface area contributed by atoms with Gasteiger partial charge in [0.05, 0.1) is 5.03 Å². The van der Waals surface area contributed by atoms with Gasteiger partial charge in [0.1, 0.15) is 12.1 Å². The van der Waals surface area contributed by atoms with E-state index in [0.717, 1.165) is 28.3 Å². The van der Waals surface area contributed by atoms with E-state index in [-0.39, 0.29) is 5.91 Å². The molecular weight excluding hydrogens is 456 g/mol. The fourth-order valence-electron chi connectivity index (χ4n) is 2.47. The number of nitrogens with two attached hydrogens (primary N) is 1. The maximum atomic E-state index is 12.2. The summed E-state index contributed by atoms with van der Waals surface area (Å²) in [5.74, 6) is 0.565. The number of rotatable bonds is 5. The Hall–Kier alpha value is -3.20. The molecule has 0 atom stereocenters. The second-order valence-electron chi connectivity index (χ2n) is 7.32. The quantitative estimate of drug-likeness (QED) is 0.389. The van der Waals surface area contributed by atoms with Gasteiger partial charge in [-0.25, -0.2) is 9.97 Å². The first-order chi connectivity index (χ1) is 16.7. The lowest BCUT2D eigenvalue weighted by molar-refractivity contribution is 0.0969. The van der Waals surface area contributed by atoms with Crippen LogP contribution in [0, 0.1) is 27.7 Å². The van der Waals surface area contributed by atoms with Gasteiger partial charge >= 0.3 is 0 Å². The highest BCUT2D eigenvalue weighted by Crippen LogP contribution is 2.23. The Labute approximate surface area is 215 Å². The number of carbonyl (C=O) groups excluding carboxylic acids is 1. The first kappa shape index (κ1) is 31.8. The van der Waals surface area contributed by atoms with Gasteiger partial charge in [0.2, 0.25) is 0 Å². The Kier molecular flexibility index (Phi) is 16.5. The fraction of sp³-hybridized carbons (Fsp3) is 0.296. The van der Waals surface area contributed by atoms with E-state index in [1.54, 1.807) is 6.07 Å². The molecule has 0 aliphatic rings. The van der Waals surface area contributed by atoms with E-state index >= 15 is 0 Å². The van der Waals surface area contributed by atoms with Crippen molar-refractivity contribution in [2.75, 3.05) is 32.7 Å². The second-order valence-corrected chi connectivity index (χ2v) is 8.22. The molecule has 0 spiro atoms. The normalized spacial score (nSPS) is 9.17. The summed E-state index contributed by atoms with van der Waals surface area (Å²) < 4.78 is 0. The van der Waals surface area contributed by atoms with Crippen LogP contribution in [0.15, 0.2) is 66.5 Å². The van der Waals surface area contributed by atoms with Gasteiger partial charge in [-0.1, -0.05) is 48.5 Å². The summed E-state index contributed by atoms with van der Waals surface area (Å²) in [6, 6.07) is 15.8. The zero-order valence-electron chi connectivity index (χ0n) is 22.2. The van der Waals surface area contributed by atoms with Crippen LogP contribution in [-0.4, -0.2) is 43.3 Å². The summed E-state index contributed by atoms with van der Waals surface area (Å²) in [6.07, 6.45) is 3.39. The molecule has 0 saturated heterocycles. The minimum Gasteiger partial charge on any atom is -0.340 e. The van der Waals surface area contributed by atoms with Gasteiger partial charge in [0, 0.05) is 22.5 Å². The molecule has 35 heavy (non-hydrogen) atoms. The Balaban J connectivity index is 0.000000797. The Bertz CT molecular complexity index is 1040. The van der Waals surface area contributed by atoms with Gasteiger partial charge in [-0.2, -0.15) is 0 Å². The number of thioether (sulfide) groups is 1. The van der Waals surface area contributed by atoms with Crippen molar-refractivity contribution in [2.24, 2.45) is 5.73 Å². The highest BCUT2D eigenvalue weighted by atomic mass is 32.2. The molecule has 0 radical (unpaired) electrons. The predicted molar refractivity (Wildman–Crippen MR) is 152 cm³/mol. The zero-order valence-corrected chi connectivity index (χ0v) is 23.0. The molecule has 0 aliphatic heterocycles. The lowest BCUT2D eigenvalue weighted by Crippen LogP contribution is -2.20. The lowest BCUT2D eigenvalue weighted by Gasteiger charge is -2.13. The van der Waals surface area contributed by atoms with Gasteiger partial charge in [-0.15, -0.1) is 11.8 Å². The fourth-order valence-corrected chi connectivity index (χ4v) is 2.67. The van der Waals surface area contributed by atoms with Gasteiger partial charge in [-0.3, -0.25) is 4.79 Å². The summed E-state index contributed by atoms with van der Waals surface area (Å²) in [5.41, 5.74) is 10.2. The van der Waals surface area contributed by atoms with Crippen LogP contribution in [0.4, 0.5) is 11.5 Å². The van der Waals surface area contributed by atoms with Crippen molar-refractivity contribution < 1.29 is 4.79 Å². The van der Waals surface area contributed by atoms with Gasteiger partial charge in [0.25, 0.3) is 5.91 Å². The minimum absolute atomic E-state index is 0.178. The van der Waals surface area contributed by atoms with E-state index in [0.29, 0.717) is 10.6 Å². The Morgan fingerprint density at radius 3 is 2.09 bits per heavy atom. The second kappa shape index (κ2) is 18.2. The summed E-state index contributed by atoms with van der Waals surface area (Å²) in [6.45, 7) is 11.7. The van der Waals surface area contributed by atoms with Crippen molar-refractivity contribution in [3.8, 4) is 0 Å². The SMILES string of the molecule is C=C(NC(=O)c1ccc(C)c(Nc2ncnc(C)c2C)c1)SC.CN.CNC.Cc1ccccc1. The number of nitrogens with zero attached hydrogens (tertiary/aromatic N) is 2. The van der Waals surface area contributed by atoms with E-state index in [9.17, 15) is 4.79 Å². The van der Waals surface area contributed by atoms with Crippen molar-refractivity contribution >= 4 is 29.2 Å². The molecule has 7 nitrogen and oxygen atoms in total. The third-order valence-corrected chi connectivity index (χ3v) is 5.12. The number of hydrogen-bond acceptors (Lipinski definition) is 7. The van der Waals surface area contributed by atoms with Crippen LogP contribution in [-0.2, 0) is 0 Å². The zero-order chi connectivity index (χ0) is 26.8. The number of anilines is 2. The molecule has 2 aromatic carbocycles. The van der Waals surface area contributed by atoms with Crippen molar-refractivity contribution in [3.05, 3.63) is 94.4 Å². The molecule has 0 unspecified atom stereocenters. The smallest absolute Gasteiger partial charge is 0.256 e. The first-order valence-electron chi connectivity index (χ1n) is 11.1. The van der Waals surface area contributed by atoms with Crippen LogP contribution in [0.5, 0.6) is 0 Å². The average molecular weight is 497 g/mol. The van der Waals surface area contributed by atoms with Crippen LogP contribution in [0.3, 0.4) is 0 Å². The van der Waals surface area contributed by atoms with Crippen LogP contribution < -0.4 is 21.7 Å². The van der Waals surface area contributed by atoms with Crippen LogP contribution in [0.25, 0.3) is 0 Å². The highest BCUT2D eigenvalue weighted by molar-refractivity contribution is 8.02. The first-order valence-corrected chi connectivity index (χ1v) is 12.3. The number of amides is 1. The number of aryl methyl sites for hydroxylation is 3. The van der Waals surface area contributed by atoms with Crippen molar-refractivity contribution in [2.45, 2.75) is 27.7 Å². The molecule has 190 valence electrons. The molecule has 0 saturated carbocycles. The maximum absolute atomic E-state index is 12.2. The molecule has 0 fully saturated rings. The van der Waals surface area contributed by atoms with E-state index in [2.05, 4.69) is 57.3 Å². The predicted octanol–water partition coefficient (Wildman–Crippen LogP) is 5.11. The summed E-state index contributed by atoms with van der Waals surface area (Å²) in [7, 11) is 5.25. The summed E-state index contributed by atoms with van der Waals surface area (Å²) in [5, 5.41) is 9.41. The number of benzene rings is 2. The van der Waals surface area contributed by atoms with Gasteiger partial charge < -0.3 is 21.7 Å². The summed E-state index contributed by atoms with van der Waals surface area (Å²) >= 11 is 1.40. The van der Waals surface area contributed by atoms with Crippen LogP contribution in [0.1, 0.15) is 32.7 Å². The molecule has 8 heteroatoms. The van der Waals surface area contributed by atoms with Gasteiger partial charge in [-0.05, 0) is 72.8 Å². The molecule has 1 amide bonds. The van der Waals surface area contributed by atoms with E-state index in [4.69, 9.17) is 0 Å². The van der Waals surface area contributed by atoms with Crippen molar-refractivity contribution in [1.29, 1.82) is 0 Å². The van der Waals surface area contributed by atoms with Gasteiger partial charge in [0.15, 0.2) is 0 Å². The lowest BCUT2D eigenvalue weighted by atomic mass is 10.1. The number of carbonyl (C=O) groups is 1. The van der Waals surface area contributed by atoms with E-state index in [1.807, 2.05) is 71.5 Å². The number of nitrogens with one attached hydrogen (secondary N) is 3. The molecule has 5 N–H and O–H groups in total. The van der Waals surface area contributed by atoms with E-state index < -0.39 is 0 Å². The average Bonchev–Trinajstić information content (AvgIpc) is 2.85. The van der Waals surface area contributed by atoms with Crippen LogP contribution in [0.2, 0.25) is 0 Å². The molecular formula is C27H40N6OS. The number of hydrogen-bond donors (Lipinski definition) is 4. The summed E-state index contributed by atoms with van der Waals surface area (Å²) in [4.78, 5) is 20.6. The van der Waals surface area contributed by atoms with Crippen molar-refractivity contribution in [3.63, 3.8) is 0 Å². The monoisotopic (exact) mass is 496 g/mol. The van der Waals surface area contributed by atoms with E-state index in [1.165, 1.54) is 30.7 Å². The molecule has 0 bridgehead atoms. The molecule has 3 rings (SSSR count). The third-order valence-electron chi connectivity index (χ3n) is 4.53. The maximum Gasteiger partial charge on any atom is 0.256 e. The topological polar surface area (TPSA) is 105 Å². The van der Waals surface area contributed by atoms with Crippen LogP contribution >= 0.6 is 11.8 Å². The largest absolute Gasteiger partial charge is 0.340 e. The minimum atomic E-state index is -0.178. The number of aromatic nitrogens is 2. The molecule has 1 heterocycles. The van der Waals surface area contributed by atoms with Crippen molar-refractivity contribution in [1.82, 2.24) is 20.6 Å². The Morgan fingerprint density at radius 2 is 1.57 bits per heavy atom. The standard InChI is InChI=1S/C17H20N4OS.C7H8.C2H7N.CH5N/c1-10-6-7-14(17(22)20-13(4)23-5)8-15(10)21-16-11(2)12(3)18-9-19-16;1-7-5-3-2-4-6-7;1-3-2;1-2/h6-9H,4H2,1-3,5H3,(H,20,22)(H,18,19,21);2-6H,1H3;3H,1-2H3;2H2,1H3. The Morgan fingerprint density at radius 1 is 0.971 bits per heavy atom. The molecule has 3 aromatic rings. The highest BCUT2D eigenvalue weighted by Gasteiger charge is 2.11. The third kappa shape index (κ3) is 12.2. The molecule has 1 aromatic heterocycles. The molecule has 0 aliphatic carbocycles.